The van der Waals surface area contributed by atoms with E-state index < -0.39 is 5.60 Å². The van der Waals surface area contributed by atoms with E-state index in [1.165, 1.54) is 0 Å². The summed E-state index contributed by atoms with van der Waals surface area (Å²) in [5, 5.41) is 3.02. The summed E-state index contributed by atoms with van der Waals surface area (Å²) >= 11 is 0. The summed E-state index contributed by atoms with van der Waals surface area (Å²) in [4.78, 5) is 25.3. The normalized spacial score (nSPS) is 28.2. The average Bonchev–Trinajstić information content (AvgIpc) is 2.40. The summed E-state index contributed by atoms with van der Waals surface area (Å²) in [6, 6.07) is 0.0767. The molecule has 6 heteroatoms. The first kappa shape index (κ1) is 16.1. The Balaban J connectivity index is 1.85. The maximum Gasteiger partial charge on any atom is 0.410 e. The summed E-state index contributed by atoms with van der Waals surface area (Å²) in [7, 11) is 0. The van der Waals surface area contributed by atoms with Gasteiger partial charge in [0, 0.05) is 31.6 Å². The van der Waals surface area contributed by atoms with Crippen molar-refractivity contribution in [3.05, 3.63) is 0 Å². The lowest BCUT2D eigenvalue weighted by Crippen LogP contribution is -2.57. The first-order valence-corrected chi connectivity index (χ1v) is 7.79. The lowest BCUT2D eigenvalue weighted by Gasteiger charge is -2.40. The van der Waals surface area contributed by atoms with Crippen molar-refractivity contribution in [1.82, 2.24) is 10.2 Å². The summed E-state index contributed by atoms with van der Waals surface area (Å²) < 4.78 is 5.39. The highest BCUT2D eigenvalue weighted by Crippen LogP contribution is 2.26. The van der Waals surface area contributed by atoms with Crippen LogP contribution in [0, 0.1) is 5.92 Å². The molecule has 21 heavy (non-hydrogen) atoms. The van der Waals surface area contributed by atoms with E-state index in [0.29, 0.717) is 25.4 Å². The number of amides is 2. The van der Waals surface area contributed by atoms with Gasteiger partial charge in [-0.15, -0.1) is 0 Å². The number of hydrogen-bond donors (Lipinski definition) is 2. The van der Waals surface area contributed by atoms with Crippen LogP contribution >= 0.6 is 0 Å². The lowest BCUT2D eigenvalue weighted by atomic mass is 9.82. The number of hydrogen-bond acceptors (Lipinski definition) is 4. The third-order valence-electron chi connectivity index (χ3n) is 4.19. The molecule has 0 aromatic heterocycles. The van der Waals surface area contributed by atoms with Crippen LogP contribution in [0.3, 0.4) is 0 Å². The molecule has 0 radical (unpaired) electrons. The lowest BCUT2D eigenvalue weighted by molar-refractivity contribution is -0.124. The minimum Gasteiger partial charge on any atom is -0.444 e. The van der Waals surface area contributed by atoms with Gasteiger partial charge in [-0.3, -0.25) is 4.79 Å². The zero-order chi connectivity index (χ0) is 15.6. The smallest absolute Gasteiger partial charge is 0.410 e. The van der Waals surface area contributed by atoms with Crippen molar-refractivity contribution in [3.63, 3.8) is 0 Å². The second-order valence-electron chi connectivity index (χ2n) is 7.10. The van der Waals surface area contributed by atoms with Gasteiger partial charge in [0.05, 0.1) is 0 Å². The zero-order valence-corrected chi connectivity index (χ0v) is 13.2. The SMILES string of the molecule is CC(C)(C)OC(=O)N1CCC([C@@H]2NC(=O)CC[C@@H]2N)CC1. The number of likely N-dealkylation sites (tertiary alicyclic amines) is 1. The first-order valence-electron chi connectivity index (χ1n) is 7.79. The van der Waals surface area contributed by atoms with E-state index >= 15 is 0 Å². The van der Waals surface area contributed by atoms with E-state index in [9.17, 15) is 9.59 Å². The molecule has 2 heterocycles. The molecule has 0 aromatic carbocycles. The Morgan fingerprint density at radius 3 is 2.48 bits per heavy atom. The molecule has 2 aliphatic rings. The predicted octanol–water partition coefficient (Wildman–Crippen LogP) is 1.24. The molecule has 120 valence electrons. The van der Waals surface area contributed by atoms with Crippen LogP contribution in [-0.2, 0) is 9.53 Å². The van der Waals surface area contributed by atoms with Gasteiger partial charge in [-0.2, -0.15) is 0 Å². The highest BCUT2D eigenvalue weighted by atomic mass is 16.6. The van der Waals surface area contributed by atoms with E-state index in [4.69, 9.17) is 10.5 Å². The Hall–Kier alpha value is -1.30. The quantitative estimate of drug-likeness (QED) is 0.762. The second-order valence-corrected chi connectivity index (χ2v) is 7.10. The maximum absolute atomic E-state index is 12.0. The van der Waals surface area contributed by atoms with Gasteiger partial charge in [0.1, 0.15) is 5.60 Å². The standard InChI is InChI=1S/C15H27N3O3/c1-15(2,3)21-14(20)18-8-6-10(7-9-18)13-11(16)4-5-12(19)17-13/h10-11,13H,4-9,16H2,1-3H3,(H,17,19)/t11-,13-/m0/s1. The van der Waals surface area contributed by atoms with Gasteiger partial charge in [-0.25, -0.2) is 4.79 Å². The number of carbonyl (C=O) groups is 2. The van der Waals surface area contributed by atoms with Crippen LogP contribution in [0.15, 0.2) is 0 Å². The van der Waals surface area contributed by atoms with Gasteiger partial charge in [0.25, 0.3) is 0 Å². The van der Waals surface area contributed by atoms with Gasteiger partial charge in [0.2, 0.25) is 5.91 Å². The molecular weight excluding hydrogens is 270 g/mol. The average molecular weight is 297 g/mol. The van der Waals surface area contributed by atoms with Gasteiger partial charge < -0.3 is 20.7 Å². The Morgan fingerprint density at radius 1 is 1.29 bits per heavy atom. The van der Waals surface area contributed by atoms with E-state index in [1.54, 1.807) is 4.90 Å². The number of nitrogens with one attached hydrogen (secondary N) is 1. The monoisotopic (exact) mass is 297 g/mol. The van der Waals surface area contributed by atoms with Crippen molar-refractivity contribution in [1.29, 1.82) is 0 Å². The molecule has 2 aliphatic heterocycles. The highest BCUT2D eigenvalue weighted by molar-refractivity contribution is 5.77. The predicted molar refractivity (Wildman–Crippen MR) is 79.7 cm³/mol. The Morgan fingerprint density at radius 2 is 1.90 bits per heavy atom. The van der Waals surface area contributed by atoms with E-state index in [-0.39, 0.29) is 24.1 Å². The third kappa shape index (κ3) is 4.33. The molecule has 6 nitrogen and oxygen atoms in total. The fourth-order valence-electron chi connectivity index (χ4n) is 3.08. The van der Waals surface area contributed by atoms with Crippen LogP contribution in [0.5, 0.6) is 0 Å². The highest BCUT2D eigenvalue weighted by Gasteiger charge is 2.35. The van der Waals surface area contributed by atoms with Crippen molar-refractivity contribution in [2.75, 3.05) is 13.1 Å². The fourth-order valence-corrected chi connectivity index (χ4v) is 3.08. The van der Waals surface area contributed by atoms with Crippen LogP contribution in [-0.4, -0.2) is 47.7 Å². The Kier molecular flexibility index (Phi) is 4.76. The molecule has 0 unspecified atom stereocenters. The molecule has 0 saturated carbocycles. The summed E-state index contributed by atoms with van der Waals surface area (Å²) in [6.07, 6.45) is 2.74. The minimum atomic E-state index is -0.465. The number of nitrogens with two attached hydrogens (primary N) is 1. The van der Waals surface area contributed by atoms with Crippen molar-refractivity contribution < 1.29 is 14.3 Å². The van der Waals surface area contributed by atoms with Gasteiger partial charge in [0.15, 0.2) is 0 Å². The van der Waals surface area contributed by atoms with Gasteiger partial charge in [-0.05, 0) is 46.0 Å². The zero-order valence-electron chi connectivity index (χ0n) is 13.2. The van der Waals surface area contributed by atoms with E-state index in [0.717, 1.165) is 19.3 Å². The summed E-state index contributed by atoms with van der Waals surface area (Å²) in [5.41, 5.74) is 5.67. The van der Waals surface area contributed by atoms with Crippen LogP contribution in [0.2, 0.25) is 0 Å². The number of rotatable bonds is 1. The molecule has 0 aromatic rings. The van der Waals surface area contributed by atoms with Gasteiger partial charge in [-0.1, -0.05) is 0 Å². The summed E-state index contributed by atoms with van der Waals surface area (Å²) in [5.74, 6) is 0.444. The molecule has 2 saturated heterocycles. The number of carbonyl (C=O) groups excluding carboxylic acids is 2. The molecule has 0 bridgehead atoms. The third-order valence-corrected chi connectivity index (χ3v) is 4.19. The molecule has 2 rings (SSSR count). The van der Waals surface area contributed by atoms with Crippen LogP contribution in [0.4, 0.5) is 4.79 Å². The molecule has 3 N–H and O–H groups in total. The molecule has 0 spiro atoms. The van der Waals surface area contributed by atoms with Crippen molar-refractivity contribution in [2.45, 2.75) is 64.1 Å². The van der Waals surface area contributed by atoms with Crippen molar-refractivity contribution >= 4 is 12.0 Å². The number of ether oxygens (including phenoxy) is 1. The molecule has 0 aliphatic carbocycles. The van der Waals surface area contributed by atoms with Gasteiger partial charge >= 0.3 is 6.09 Å². The van der Waals surface area contributed by atoms with Crippen molar-refractivity contribution in [3.8, 4) is 0 Å². The van der Waals surface area contributed by atoms with E-state index in [1.807, 2.05) is 20.8 Å². The van der Waals surface area contributed by atoms with E-state index in [2.05, 4.69) is 5.32 Å². The Labute approximate surface area is 126 Å². The molecule has 2 atom stereocenters. The molecular formula is C15H27N3O3. The largest absolute Gasteiger partial charge is 0.444 e. The number of nitrogens with zero attached hydrogens (tertiary/aromatic N) is 1. The maximum atomic E-state index is 12.0. The topological polar surface area (TPSA) is 84.7 Å². The minimum absolute atomic E-state index is 0.0285. The fraction of sp³-hybridized carbons (Fsp3) is 0.867. The van der Waals surface area contributed by atoms with Crippen LogP contribution in [0.25, 0.3) is 0 Å². The van der Waals surface area contributed by atoms with Crippen LogP contribution in [0.1, 0.15) is 46.5 Å². The first-order chi connectivity index (χ1) is 9.76. The summed E-state index contributed by atoms with van der Waals surface area (Å²) in [6.45, 7) is 6.94. The Bertz CT molecular complexity index is 397. The van der Waals surface area contributed by atoms with Crippen LogP contribution < -0.4 is 11.1 Å². The second kappa shape index (κ2) is 6.22. The van der Waals surface area contributed by atoms with Crippen molar-refractivity contribution in [2.24, 2.45) is 11.7 Å². The molecule has 2 fully saturated rings. The molecule has 2 amide bonds. The number of piperidine rings is 2.